The highest BCUT2D eigenvalue weighted by atomic mass is 32.2. The molecule has 0 radical (unpaired) electrons. The number of carbonyl (C=O) groups excluding carboxylic acids is 1. The number of sulfone groups is 1. The van der Waals surface area contributed by atoms with Gasteiger partial charge in [-0.2, -0.15) is 0 Å². The first-order valence-corrected chi connectivity index (χ1v) is 8.34. The van der Waals surface area contributed by atoms with Crippen LogP contribution in [0, 0.1) is 18.3 Å². The molecule has 0 aromatic carbocycles. The highest BCUT2D eigenvalue weighted by molar-refractivity contribution is 7.91. The fourth-order valence-electron chi connectivity index (χ4n) is 2.20. The first-order valence-electron chi connectivity index (χ1n) is 6.52. The lowest BCUT2D eigenvalue weighted by molar-refractivity contribution is -0.134. The average Bonchev–Trinajstić information content (AvgIpc) is 2.73. The summed E-state index contributed by atoms with van der Waals surface area (Å²) in [6.45, 7) is 3.98. The van der Waals surface area contributed by atoms with Crippen LogP contribution in [0.5, 0.6) is 0 Å². The van der Waals surface area contributed by atoms with Crippen molar-refractivity contribution in [3.05, 3.63) is 0 Å². The third-order valence-corrected chi connectivity index (χ3v) is 5.49. The molecule has 0 saturated carbocycles. The summed E-state index contributed by atoms with van der Waals surface area (Å²) in [5.74, 6) is 2.33. The quantitative estimate of drug-likeness (QED) is 0.722. The molecule has 0 bridgehead atoms. The Morgan fingerprint density at radius 1 is 1.58 bits per heavy atom. The fourth-order valence-corrected chi connectivity index (χ4v) is 3.93. The number of amides is 1. The predicted octanol–water partition coefficient (Wildman–Crippen LogP) is 0.00870. The summed E-state index contributed by atoms with van der Waals surface area (Å²) >= 11 is 0. The van der Waals surface area contributed by atoms with Gasteiger partial charge < -0.3 is 10.6 Å². The Hall–Kier alpha value is -1.06. The molecule has 3 atom stereocenters. The number of hydrogen-bond donors (Lipinski definition) is 1. The molecular formula is C13H22N2O3S. The van der Waals surface area contributed by atoms with Crippen LogP contribution >= 0.6 is 0 Å². The average molecular weight is 286 g/mol. The lowest BCUT2D eigenvalue weighted by atomic mass is 9.98. The van der Waals surface area contributed by atoms with E-state index in [-0.39, 0.29) is 35.9 Å². The SMILES string of the molecule is C#CCN(C(=O)C(N)C(C)CC)C1CCS(=O)(=O)C1. The summed E-state index contributed by atoms with van der Waals surface area (Å²) < 4.78 is 23.0. The highest BCUT2D eigenvalue weighted by Crippen LogP contribution is 2.19. The van der Waals surface area contributed by atoms with E-state index in [2.05, 4.69) is 5.92 Å². The van der Waals surface area contributed by atoms with E-state index in [0.717, 1.165) is 6.42 Å². The van der Waals surface area contributed by atoms with Crippen LogP contribution in [-0.4, -0.2) is 49.4 Å². The molecule has 0 spiro atoms. The van der Waals surface area contributed by atoms with E-state index in [1.807, 2.05) is 13.8 Å². The first-order chi connectivity index (χ1) is 8.82. The zero-order valence-corrected chi connectivity index (χ0v) is 12.3. The van der Waals surface area contributed by atoms with Crippen molar-refractivity contribution in [3.63, 3.8) is 0 Å². The van der Waals surface area contributed by atoms with E-state index in [1.165, 1.54) is 4.90 Å². The topological polar surface area (TPSA) is 80.5 Å². The van der Waals surface area contributed by atoms with Crippen molar-refractivity contribution < 1.29 is 13.2 Å². The van der Waals surface area contributed by atoms with E-state index in [1.54, 1.807) is 0 Å². The smallest absolute Gasteiger partial charge is 0.240 e. The van der Waals surface area contributed by atoms with Gasteiger partial charge in [-0.05, 0) is 12.3 Å². The van der Waals surface area contributed by atoms with Crippen LogP contribution in [0.3, 0.4) is 0 Å². The van der Waals surface area contributed by atoms with Gasteiger partial charge in [-0.25, -0.2) is 8.42 Å². The van der Waals surface area contributed by atoms with E-state index < -0.39 is 15.9 Å². The first kappa shape index (κ1) is 16.0. The molecule has 0 aliphatic carbocycles. The molecule has 1 heterocycles. The van der Waals surface area contributed by atoms with Crippen molar-refractivity contribution in [3.8, 4) is 12.3 Å². The van der Waals surface area contributed by atoms with Crippen molar-refractivity contribution in [2.75, 3.05) is 18.1 Å². The minimum Gasteiger partial charge on any atom is -0.326 e. The highest BCUT2D eigenvalue weighted by Gasteiger charge is 2.36. The number of carbonyl (C=O) groups is 1. The monoisotopic (exact) mass is 286 g/mol. The van der Waals surface area contributed by atoms with Gasteiger partial charge >= 0.3 is 0 Å². The van der Waals surface area contributed by atoms with Crippen LogP contribution in [0.1, 0.15) is 26.7 Å². The largest absolute Gasteiger partial charge is 0.326 e. The van der Waals surface area contributed by atoms with Crippen molar-refractivity contribution in [1.82, 2.24) is 4.90 Å². The molecule has 108 valence electrons. The summed E-state index contributed by atoms with van der Waals surface area (Å²) in [7, 11) is -3.05. The molecule has 0 aromatic heterocycles. The van der Waals surface area contributed by atoms with Gasteiger partial charge in [0.25, 0.3) is 0 Å². The summed E-state index contributed by atoms with van der Waals surface area (Å²) in [6, 6.07) is -0.953. The molecule has 2 N–H and O–H groups in total. The summed E-state index contributed by atoms with van der Waals surface area (Å²) in [5.41, 5.74) is 5.93. The molecular weight excluding hydrogens is 264 g/mol. The van der Waals surface area contributed by atoms with Gasteiger partial charge in [0, 0.05) is 6.04 Å². The molecule has 0 aromatic rings. The van der Waals surface area contributed by atoms with Gasteiger partial charge in [-0.15, -0.1) is 6.42 Å². The summed E-state index contributed by atoms with van der Waals surface area (Å²) in [4.78, 5) is 13.8. The molecule has 1 fully saturated rings. The molecule has 19 heavy (non-hydrogen) atoms. The third-order valence-electron chi connectivity index (χ3n) is 3.74. The van der Waals surface area contributed by atoms with Crippen molar-refractivity contribution >= 4 is 15.7 Å². The van der Waals surface area contributed by atoms with Crippen molar-refractivity contribution in [2.24, 2.45) is 11.7 Å². The van der Waals surface area contributed by atoms with Crippen LogP contribution in [0.2, 0.25) is 0 Å². The number of nitrogens with two attached hydrogens (primary N) is 1. The zero-order chi connectivity index (χ0) is 14.6. The minimum absolute atomic E-state index is 0.00630. The zero-order valence-electron chi connectivity index (χ0n) is 11.5. The molecule has 1 amide bonds. The van der Waals surface area contributed by atoms with Gasteiger partial charge in [0.2, 0.25) is 5.91 Å². The van der Waals surface area contributed by atoms with Crippen LogP contribution in [0.15, 0.2) is 0 Å². The number of hydrogen-bond acceptors (Lipinski definition) is 4. The number of terminal acetylenes is 1. The second kappa shape index (κ2) is 6.40. The maximum Gasteiger partial charge on any atom is 0.240 e. The molecule has 1 aliphatic heterocycles. The Bertz CT molecular complexity index is 467. The predicted molar refractivity (Wildman–Crippen MR) is 75.0 cm³/mol. The lowest BCUT2D eigenvalue weighted by Gasteiger charge is -2.30. The molecule has 1 aliphatic rings. The number of rotatable bonds is 5. The summed E-state index contributed by atoms with van der Waals surface area (Å²) in [6.07, 6.45) is 6.52. The van der Waals surface area contributed by atoms with Crippen LogP contribution in [0.25, 0.3) is 0 Å². The van der Waals surface area contributed by atoms with Gasteiger partial charge in [0.1, 0.15) is 0 Å². The molecule has 6 heteroatoms. The van der Waals surface area contributed by atoms with E-state index in [0.29, 0.717) is 6.42 Å². The normalized spacial score (nSPS) is 24.4. The Morgan fingerprint density at radius 3 is 2.63 bits per heavy atom. The van der Waals surface area contributed by atoms with Crippen LogP contribution < -0.4 is 5.73 Å². The molecule has 1 rings (SSSR count). The van der Waals surface area contributed by atoms with E-state index >= 15 is 0 Å². The van der Waals surface area contributed by atoms with Crippen molar-refractivity contribution in [1.29, 1.82) is 0 Å². The van der Waals surface area contributed by atoms with Crippen LogP contribution in [-0.2, 0) is 14.6 Å². The molecule has 3 unspecified atom stereocenters. The maximum atomic E-state index is 12.3. The third kappa shape index (κ3) is 3.95. The molecule has 1 saturated heterocycles. The second-order valence-electron chi connectivity index (χ2n) is 5.14. The number of nitrogens with zero attached hydrogens (tertiary/aromatic N) is 1. The van der Waals surface area contributed by atoms with E-state index in [4.69, 9.17) is 12.2 Å². The minimum atomic E-state index is -3.05. The summed E-state index contributed by atoms with van der Waals surface area (Å²) in [5, 5.41) is 0. The van der Waals surface area contributed by atoms with Gasteiger partial charge in [0.15, 0.2) is 9.84 Å². The van der Waals surface area contributed by atoms with Gasteiger partial charge in [0.05, 0.1) is 24.1 Å². The van der Waals surface area contributed by atoms with Crippen LogP contribution in [0.4, 0.5) is 0 Å². The Balaban J connectivity index is 2.84. The Kier molecular flexibility index (Phi) is 5.39. The van der Waals surface area contributed by atoms with Gasteiger partial charge in [-0.1, -0.05) is 26.2 Å². The Morgan fingerprint density at radius 2 is 2.21 bits per heavy atom. The Labute approximate surface area is 115 Å². The standard InChI is InChI=1S/C13H22N2O3S/c1-4-7-15(11-6-8-19(17,18)9-11)13(16)12(14)10(3)5-2/h1,10-12H,5-9,14H2,2-3H3. The lowest BCUT2D eigenvalue weighted by Crippen LogP contribution is -2.51. The van der Waals surface area contributed by atoms with E-state index in [9.17, 15) is 13.2 Å². The molecule has 5 nitrogen and oxygen atoms in total. The second-order valence-corrected chi connectivity index (χ2v) is 7.37. The van der Waals surface area contributed by atoms with Crippen molar-refractivity contribution in [2.45, 2.75) is 38.8 Å². The van der Waals surface area contributed by atoms with Gasteiger partial charge in [-0.3, -0.25) is 4.79 Å². The fraction of sp³-hybridized carbons (Fsp3) is 0.769. The maximum absolute atomic E-state index is 12.3.